The fourth-order valence-corrected chi connectivity index (χ4v) is 4.35. The van der Waals surface area contributed by atoms with Crippen molar-refractivity contribution in [1.82, 2.24) is 14.4 Å². The maximum absolute atomic E-state index is 5.67. The Kier molecular flexibility index (Phi) is 5.41. The summed E-state index contributed by atoms with van der Waals surface area (Å²) in [5.41, 5.74) is 7.15. The summed E-state index contributed by atoms with van der Waals surface area (Å²) in [7, 11) is 1.71. The molecule has 3 aromatic carbocycles. The first-order valence-corrected chi connectivity index (χ1v) is 11.6. The lowest BCUT2D eigenvalue weighted by Crippen LogP contribution is -1.93. The molecule has 0 aliphatic heterocycles. The van der Waals surface area contributed by atoms with Crippen LogP contribution in [0, 0.1) is 6.92 Å². The van der Waals surface area contributed by atoms with Gasteiger partial charge in [0, 0.05) is 33.5 Å². The molecule has 0 spiro atoms. The molecule has 158 valence electrons. The van der Waals surface area contributed by atoms with Crippen LogP contribution in [0.2, 0.25) is 0 Å². The lowest BCUT2D eigenvalue weighted by Gasteiger charge is -2.12. The highest BCUT2D eigenvalue weighted by molar-refractivity contribution is 7.98. The zero-order valence-electron chi connectivity index (χ0n) is 18.2. The van der Waals surface area contributed by atoms with Gasteiger partial charge in [0.1, 0.15) is 5.75 Å². The molecule has 0 N–H and O–H groups in total. The number of benzene rings is 3. The summed E-state index contributed by atoms with van der Waals surface area (Å²) >= 11 is 1.74. The number of hydrogen-bond acceptors (Lipinski definition) is 4. The minimum Gasteiger partial charge on any atom is -0.496 e. The SMILES string of the molecule is COc1ccc(-c2nc3nc(C)ccn3c2-c2ccc(SC)cc2)cc1-c1ccccc1. The smallest absolute Gasteiger partial charge is 0.235 e. The summed E-state index contributed by atoms with van der Waals surface area (Å²) < 4.78 is 7.74. The lowest BCUT2D eigenvalue weighted by atomic mass is 9.98. The van der Waals surface area contributed by atoms with Crippen molar-refractivity contribution in [1.29, 1.82) is 0 Å². The topological polar surface area (TPSA) is 39.4 Å². The summed E-state index contributed by atoms with van der Waals surface area (Å²) in [6.45, 7) is 1.99. The molecule has 0 aliphatic carbocycles. The molecule has 0 radical (unpaired) electrons. The van der Waals surface area contributed by atoms with Gasteiger partial charge in [-0.1, -0.05) is 42.5 Å². The van der Waals surface area contributed by atoms with Crippen LogP contribution in [0.5, 0.6) is 5.75 Å². The molecule has 0 bridgehead atoms. The zero-order valence-corrected chi connectivity index (χ0v) is 19.1. The van der Waals surface area contributed by atoms with Gasteiger partial charge in [-0.05, 0) is 55.1 Å². The molecule has 0 saturated carbocycles. The number of aromatic nitrogens is 3. The van der Waals surface area contributed by atoms with Crippen molar-refractivity contribution in [2.24, 2.45) is 0 Å². The summed E-state index contributed by atoms with van der Waals surface area (Å²) in [5, 5.41) is 0. The summed E-state index contributed by atoms with van der Waals surface area (Å²) in [4.78, 5) is 10.9. The number of hydrogen-bond donors (Lipinski definition) is 0. The number of thioether (sulfide) groups is 1. The van der Waals surface area contributed by atoms with Gasteiger partial charge < -0.3 is 4.74 Å². The van der Waals surface area contributed by atoms with Crippen molar-refractivity contribution in [3.05, 3.63) is 90.8 Å². The van der Waals surface area contributed by atoms with Crippen LogP contribution in [0.25, 0.3) is 39.4 Å². The fourth-order valence-electron chi connectivity index (χ4n) is 3.94. The van der Waals surface area contributed by atoms with E-state index >= 15 is 0 Å². The molecule has 0 amide bonds. The maximum atomic E-state index is 5.67. The molecule has 0 unspecified atom stereocenters. The van der Waals surface area contributed by atoms with E-state index in [4.69, 9.17) is 9.72 Å². The van der Waals surface area contributed by atoms with Crippen LogP contribution in [0.15, 0.2) is 90.0 Å². The normalized spacial score (nSPS) is 11.1. The molecule has 0 atom stereocenters. The van der Waals surface area contributed by atoms with Crippen LogP contribution in [0.4, 0.5) is 0 Å². The van der Waals surface area contributed by atoms with Gasteiger partial charge in [0.05, 0.1) is 18.5 Å². The fraction of sp³-hybridized carbons (Fsp3) is 0.111. The Morgan fingerprint density at radius 1 is 0.812 bits per heavy atom. The predicted molar refractivity (Wildman–Crippen MR) is 132 cm³/mol. The van der Waals surface area contributed by atoms with Gasteiger partial charge in [-0.15, -0.1) is 11.8 Å². The number of rotatable bonds is 5. The third kappa shape index (κ3) is 3.65. The molecular formula is C27H23N3OS. The van der Waals surface area contributed by atoms with E-state index in [2.05, 4.69) is 64.2 Å². The summed E-state index contributed by atoms with van der Waals surface area (Å²) in [6.07, 6.45) is 4.14. The molecule has 0 aliphatic rings. The van der Waals surface area contributed by atoms with E-state index in [1.807, 2.05) is 43.5 Å². The average molecular weight is 438 g/mol. The molecule has 2 aromatic heterocycles. The van der Waals surface area contributed by atoms with Crippen LogP contribution in [-0.4, -0.2) is 27.7 Å². The highest BCUT2D eigenvalue weighted by Crippen LogP contribution is 2.38. The first kappa shape index (κ1) is 20.3. The first-order chi connectivity index (χ1) is 15.7. The van der Waals surface area contributed by atoms with Crippen molar-refractivity contribution in [3.63, 3.8) is 0 Å². The Labute approximate surface area is 191 Å². The highest BCUT2D eigenvalue weighted by atomic mass is 32.2. The van der Waals surface area contributed by atoms with E-state index in [9.17, 15) is 0 Å². The van der Waals surface area contributed by atoms with Crippen molar-refractivity contribution >= 4 is 17.5 Å². The zero-order chi connectivity index (χ0) is 22.1. The minimum atomic E-state index is 0.695. The van der Waals surface area contributed by atoms with Gasteiger partial charge in [-0.25, -0.2) is 9.97 Å². The lowest BCUT2D eigenvalue weighted by molar-refractivity contribution is 0.416. The molecule has 5 rings (SSSR count). The van der Waals surface area contributed by atoms with Gasteiger partial charge in [-0.3, -0.25) is 4.40 Å². The Hall–Kier alpha value is -3.57. The van der Waals surface area contributed by atoms with Gasteiger partial charge in [0.15, 0.2) is 0 Å². The molecule has 5 heteroatoms. The summed E-state index contributed by atoms with van der Waals surface area (Å²) in [6, 6.07) is 27.1. The predicted octanol–water partition coefficient (Wildman–Crippen LogP) is 6.77. The van der Waals surface area contributed by atoms with Gasteiger partial charge >= 0.3 is 0 Å². The largest absolute Gasteiger partial charge is 0.496 e. The van der Waals surface area contributed by atoms with Crippen LogP contribution in [0.1, 0.15) is 5.69 Å². The molecule has 2 heterocycles. The number of methoxy groups -OCH3 is 1. The molecule has 4 nitrogen and oxygen atoms in total. The van der Waals surface area contributed by atoms with Gasteiger partial charge in [0.25, 0.3) is 0 Å². The van der Waals surface area contributed by atoms with Crippen LogP contribution >= 0.6 is 11.8 Å². The molecule has 0 fully saturated rings. The Balaban J connectivity index is 1.75. The second-order valence-electron chi connectivity index (χ2n) is 7.56. The molecule has 0 saturated heterocycles. The van der Waals surface area contributed by atoms with E-state index in [0.29, 0.717) is 5.78 Å². The first-order valence-electron chi connectivity index (χ1n) is 10.4. The van der Waals surface area contributed by atoms with Crippen LogP contribution in [0.3, 0.4) is 0 Å². The Morgan fingerprint density at radius 3 is 2.28 bits per heavy atom. The van der Waals surface area contributed by atoms with E-state index in [1.54, 1.807) is 18.9 Å². The average Bonchev–Trinajstić information content (AvgIpc) is 3.22. The van der Waals surface area contributed by atoms with E-state index in [1.165, 1.54) is 4.90 Å². The number of ether oxygens (including phenoxy) is 1. The Morgan fingerprint density at radius 2 is 1.56 bits per heavy atom. The quantitative estimate of drug-likeness (QED) is 0.285. The third-order valence-electron chi connectivity index (χ3n) is 5.55. The van der Waals surface area contributed by atoms with Crippen LogP contribution in [-0.2, 0) is 0 Å². The number of fused-ring (bicyclic) bond motifs is 1. The van der Waals surface area contributed by atoms with E-state index in [0.717, 1.165) is 45.1 Å². The van der Waals surface area contributed by atoms with Crippen LogP contribution < -0.4 is 4.74 Å². The third-order valence-corrected chi connectivity index (χ3v) is 6.30. The molecule has 32 heavy (non-hydrogen) atoms. The minimum absolute atomic E-state index is 0.695. The maximum Gasteiger partial charge on any atom is 0.235 e. The molecular weight excluding hydrogens is 414 g/mol. The summed E-state index contributed by atoms with van der Waals surface area (Å²) in [5.74, 6) is 1.53. The Bertz CT molecular complexity index is 1390. The van der Waals surface area contributed by atoms with E-state index < -0.39 is 0 Å². The van der Waals surface area contributed by atoms with Crippen molar-refractivity contribution in [2.45, 2.75) is 11.8 Å². The molecule has 5 aromatic rings. The standard InChI is InChI=1S/C27H23N3OS/c1-18-15-16-30-26(20-9-12-22(32-3)13-10-20)25(29-27(30)28-18)21-11-14-24(31-2)23(17-21)19-7-5-4-6-8-19/h4-17H,1-3H3. The van der Waals surface area contributed by atoms with Crippen molar-refractivity contribution in [2.75, 3.05) is 13.4 Å². The monoisotopic (exact) mass is 437 g/mol. The highest BCUT2D eigenvalue weighted by Gasteiger charge is 2.18. The van der Waals surface area contributed by atoms with Crippen molar-refractivity contribution in [3.8, 4) is 39.4 Å². The van der Waals surface area contributed by atoms with Crippen molar-refractivity contribution < 1.29 is 4.74 Å². The number of aryl methyl sites for hydroxylation is 1. The van der Waals surface area contributed by atoms with E-state index in [-0.39, 0.29) is 0 Å². The second-order valence-corrected chi connectivity index (χ2v) is 8.44. The number of nitrogens with zero attached hydrogens (tertiary/aromatic N) is 3. The van der Waals surface area contributed by atoms with Gasteiger partial charge in [-0.2, -0.15) is 0 Å². The number of imidazole rings is 1. The second kappa shape index (κ2) is 8.52. The van der Waals surface area contributed by atoms with Gasteiger partial charge in [0.2, 0.25) is 5.78 Å².